The number of nitrogens with zero attached hydrogens (tertiary/aromatic N) is 4. The van der Waals surface area contributed by atoms with Crippen molar-refractivity contribution in [3.05, 3.63) is 59.9 Å². The first-order valence-electron chi connectivity index (χ1n) is 7.16. The molecule has 0 aliphatic carbocycles. The molecule has 0 atom stereocenters. The topological polar surface area (TPSA) is 72.7 Å². The van der Waals surface area contributed by atoms with Gasteiger partial charge in [-0.1, -0.05) is 36.0 Å². The maximum absolute atomic E-state index is 13.7. The molecule has 1 heterocycles. The van der Waals surface area contributed by atoms with Crippen molar-refractivity contribution in [1.82, 2.24) is 20.2 Å². The Bertz CT molecular complexity index is 867. The highest BCUT2D eigenvalue weighted by Crippen LogP contribution is 2.24. The maximum atomic E-state index is 13.7. The van der Waals surface area contributed by atoms with E-state index in [0.717, 1.165) is 0 Å². The van der Waals surface area contributed by atoms with Crippen molar-refractivity contribution in [3.63, 3.8) is 0 Å². The van der Waals surface area contributed by atoms with E-state index < -0.39 is 0 Å². The number of tetrazole rings is 1. The number of carbonyl (C=O) groups is 1. The van der Waals surface area contributed by atoms with E-state index in [-0.39, 0.29) is 11.7 Å². The Kier molecular flexibility index (Phi) is 4.85. The molecule has 24 heavy (non-hydrogen) atoms. The van der Waals surface area contributed by atoms with Gasteiger partial charge in [-0.2, -0.15) is 4.68 Å². The van der Waals surface area contributed by atoms with Crippen molar-refractivity contribution >= 4 is 23.4 Å². The van der Waals surface area contributed by atoms with Crippen LogP contribution in [0.4, 0.5) is 10.1 Å². The Labute approximate surface area is 142 Å². The lowest BCUT2D eigenvalue weighted by Gasteiger charge is -2.07. The SMILES string of the molecule is CC(=O)Nc1cccc(-n2nnnc2SCc2ccccc2F)c1. The molecular weight excluding hydrogens is 329 g/mol. The Balaban J connectivity index is 1.80. The molecule has 3 rings (SSSR count). The molecule has 0 aliphatic rings. The van der Waals surface area contributed by atoms with Crippen molar-refractivity contribution in [2.75, 3.05) is 5.32 Å². The average Bonchev–Trinajstić information content (AvgIpc) is 3.02. The quantitative estimate of drug-likeness (QED) is 0.721. The van der Waals surface area contributed by atoms with Crippen LogP contribution in [0.15, 0.2) is 53.7 Å². The second-order valence-electron chi connectivity index (χ2n) is 4.98. The van der Waals surface area contributed by atoms with E-state index in [1.54, 1.807) is 41.1 Å². The number of halogens is 1. The summed E-state index contributed by atoms with van der Waals surface area (Å²) in [6.45, 7) is 1.44. The minimum absolute atomic E-state index is 0.155. The standard InChI is InChI=1S/C16H14FN5OS/c1-11(23)18-13-6-4-7-14(9-13)22-16(19-20-21-22)24-10-12-5-2-3-8-15(12)17/h2-9H,10H2,1H3,(H,18,23). The van der Waals surface area contributed by atoms with Crippen molar-refractivity contribution < 1.29 is 9.18 Å². The Morgan fingerprint density at radius 3 is 2.88 bits per heavy atom. The fourth-order valence-electron chi connectivity index (χ4n) is 2.11. The first kappa shape index (κ1) is 16.1. The highest BCUT2D eigenvalue weighted by atomic mass is 32.2. The third-order valence-corrected chi connectivity index (χ3v) is 4.13. The lowest BCUT2D eigenvalue weighted by Crippen LogP contribution is -2.07. The fraction of sp³-hybridized carbons (Fsp3) is 0.125. The van der Waals surface area contributed by atoms with Crippen LogP contribution in [0.5, 0.6) is 0 Å². The molecule has 0 aliphatic heterocycles. The summed E-state index contributed by atoms with van der Waals surface area (Å²) >= 11 is 1.34. The van der Waals surface area contributed by atoms with E-state index in [0.29, 0.717) is 27.8 Å². The van der Waals surface area contributed by atoms with Gasteiger partial charge in [-0.25, -0.2) is 4.39 Å². The van der Waals surface area contributed by atoms with Gasteiger partial charge in [0.25, 0.3) is 0 Å². The monoisotopic (exact) mass is 343 g/mol. The van der Waals surface area contributed by atoms with Gasteiger partial charge in [0.15, 0.2) is 0 Å². The number of amides is 1. The number of thioether (sulfide) groups is 1. The van der Waals surface area contributed by atoms with Crippen molar-refractivity contribution in [2.24, 2.45) is 0 Å². The smallest absolute Gasteiger partial charge is 0.221 e. The van der Waals surface area contributed by atoms with E-state index in [2.05, 4.69) is 20.8 Å². The minimum Gasteiger partial charge on any atom is -0.326 e. The Morgan fingerprint density at radius 1 is 1.25 bits per heavy atom. The van der Waals surface area contributed by atoms with Crippen LogP contribution in [-0.2, 0) is 10.5 Å². The summed E-state index contributed by atoms with van der Waals surface area (Å²) in [6.07, 6.45) is 0. The molecule has 0 spiro atoms. The Hall–Kier alpha value is -2.74. The first-order valence-corrected chi connectivity index (χ1v) is 8.14. The number of nitrogens with one attached hydrogen (secondary N) is 1. The van der Waals surface area contributed by atoms with E-state index >= 15 is 0 Å². The van der Waals surface area contributed by atoms with Crippen LogP contribution in [0, 0.1) is 5.82 Å². The lowest BCUT2D eigenvalue weighted by molar-refractivity contribution is -0.114. The van der Waals surface area contributed by atoms with E-state index in [1.165, 1.54) is 24.8 Å². The van der Waals surface area contributed by atoms with Crippen LogP contribution in [0.25, 0.3) is 5.69 Å². The zero-order valence-corrected chi connectivity index (χ0v) is 13.6. The normalized spacial score (nSPS) is 10.6. The molecule has 3 aromatic rings. The summed E-state index contributed by atoms with van der Waals surface area (Å²) in [5.74, 6) is 0.00742. The zero-order valence-electron chi connectivity index (χ0n) is 12.8. The van der Waals surface area contributed by atoms with Gasteiger partial charge in [0.1, 0.15) is 5.82 Å². The van der Waals surface area contributed by atoms with Crippen LogP contribution in [0.3, 0.4) is 0 Å². The van der Waals surface area contributed by atoms with Crippen molar-refractivity contribution in [1.29, 1.82) is 0 Å². The van der Waals surface area contributed by atoms with Crippen LogP contribution in [0.2, 0.25) is 0 Å². The molecule has 122 valence electrons. The number of anilines is 1. The van der Waals surface area contributed by atoms with E-state index in [1.807, 2.05) is 6.07 Å². The summed E-state index contributed by atoms with van der Waals surface area (Å²) in [6, 6.07) is 13.8. The molecule has 6 nitrogen and oxygen atoms in total. The summed E-state index contributed by atoms with van der Waals surface area (Å²) in [5, 5.41) is 14.9. The summed E-state index contributed by atoms with van der Waals surface area (Å²) in [5.41, 5.74) is 1.95. The van der Waals surface area contributed by atoms with Crippen LogP contribution in [-0.4, -0.2) is 26.1 Å². The van der Waals surface area contributed by atoms with Gasteiger partial charge in [-0.15, -0.1) is 5.10 Å². The molecule has 0 saturated heterocycles. The fourth-order valence-corrected chi connectivity index (χ4v) is 2.98. The molecule has 0 radical (unpaired) electrons. The number of aromatic nitrogens is 4. The maximum Gasteiger partial charge on any atom is 0.221 e. The molecule has 0 unspecified atom stereocenters. The molecule has 2 aromatic carbocycles. The average molecular weight is 343 g/mol. The van der Waals surface area contributed by atoms with Crippen LogP contribution >= 0.6 is 11.8 Å². The highest BCUT2D eigenvalue weighted by molar-refractivity contribution is 7.98. The van der Waals surface area contributed by atoms with Gasteiger partial charge in [0.2, 0.25) is 11.1 Å². The number of hydrogen-bond acceptors (Lipinski definition) is 5. The molecule has 1 amide bonds. The summed E-state index contributed by atoms with van der Waals surface area (Å²) in [4.78, 5) is 11.2. The highest BCUT2D eigenvalue weighted by Gasteiger charge is 2.11. The summed E-state index contributed by atoms with van der Waals surface area (Å²) in [7, 11) is 0. The third kappa shape index (κ3) is 3.77. The molecule has 1 N–H and O–H groups in total. The minimum atomic E-state index is -0.253. The number of carbonyl (C=O) groups excluding carboxylic acids is 1. The van der Waals surface area contributed by atoms with Gasteiger partial charge in [-0.3, -0.25) is 4.79 Å². The molecular formula is C16H14FN5OS. The number of hydrogen-bond donors (Lipinski definition) is 1. The number of benzene rings is 2. The predicted molar refractivity (Wildman–Crippen MR) is 89.4 cm³/mol. The molecule has 0 bridgehead atoms. The summed E-state index contributed by atoms with van der Waals surface area (Å²) < 4.78 is 15.3. The van der Waals surface area contributed by atoms with Gasteiger partial charge in [0, 0.05) is 18.4 Å². The van der Waals surface area contributed by atoms with E-state index in [9.17, 15) is 9.18 Å². The largest absolute Gasteiger partial charge is 0.326 e. The lowest BCUT2D eigenvalue weighted by atomic mass is 10.2. The first-order chi connectivity index (χ1) is 11.6. The van der Waals surface area contributed by atoms with Gasteiger partial charge >= 0.3 is 0 Å². The van der Waals surface area contributed by atoms with Gasteiger partial charge < -0.3 is 5.32 Å². The van der Waals surface area contributed by atoms with Crippen LogP contribution in [0.1, 0.15) is 12.5 Å². The molecule has 1 aromatic heterocycles. The molecule has 0 fully saturated rings. The van der Waals surface area contributed by atoms with E-state index in [4.69, 9.17) is 0 Å². The van der Waals surface area contributed by atoms with Gasteiger partial charge in [0.05, 0.1) is 5.69 Å². The Morgan fingerprint density at radius 2 is 2.08 bits per heavy atom. The van der Waals surface area contributed by atoms with Crippen LogP contribution < -0.4 is 5.32 Å². The van der Waals surface area contributed by atoms with Crippen molar-refractivity contribution in [2.45, 2.75) is 17.8 Å². The molecule has 0 saturated carbocycles. The molecule has 8 heteroatoms. The second-order valence-corrected chi connectivity index (χ2v) is 5.93. The van der Waals surface area contributed by atoms with Gasteiger partial charge in [-0.05, 0) is 40.3 Å². The predicted octanol–water partition coefficient (Wildman–Crippen LogP) is 3.05. The third-order valence-electron chi connectivity index (χ3n) is 3.17. The van der Waals surface area contributed by atoms with Crippen molar-refractivity contribution in [3.8, 4) is 5.69 Å². The second kappa shape index (κ2) is 7.22. The zero-order chi connectivity index (χ0) is 16.9. The number of rotatable bonds is 5.